The van der Waals surface area contributed by atoms with E-state index in [0.29, 0.717) is 17.8 Å². The molecular formula is C18H19NO2. The van der Waals surface area contributed by atoms with Gasteiger partial charge in [0.05, 0.1) is 6.61 Å². The zero-order valence-electron chi connectivity index (χ0n) is 11.9. The lowest BCUT2D eigenvalue weighted by atomic mass is 9.98. The van der Waals surface area contributed by atoms with Crippen LogP contribution in [-0.2, 0) is 6.42 Å². The highest BCUT2D eigenvalue weighted by molar-refractivity contribution is 5.41. The van der Waals surface area contributed by atoms with E-state index in [1.165, 1.54) is 16.7 Å². The van der Waals surface area contributed by atoms with Crippen LogP contribution in [0.1, 0.15) is 41.6 Å². The number of hydrogen-bond donors (Lipinski definition) is 2. The largest absolute Gasteiger partial charge is 0.508 e. The van der Waals surface area contributed by atoms with Crippen molar-refractivity contribution < 1.29 is 9.84 Å². The molecule has 2 aromatic carbocycles. The Hall–Kier alpha value is -2.00. The zero-order chi connectivity index (χ0) is 14.2. The number of fused-ring (bicyclic) bond motifs is 2. The van der Waals surface area contributed by atoms with Crippen LogP contribution in [0.2, 0.25) is 0 Å². The van der Waals surface area contributed by atoms with Gasteiger partial charge in [0.15, 0.2) is 0 Å². The van der Waals surface area contributed by atoms with Gasteiger partial charge < -0.3 is 15.2 Å². The molecule has 2 atom stereocenters. The summed E-state index contributed by atoms with van der Waals surface area (Å²) in [6, 6.07) is 14.8. The minimum Gasteiger partial charge on any atom is -0.508 e. The van der Waals surface area contributed by atoms with Crippen LogP contribution in [0.5, 0.6) is 11.5 Å². The topological polar surface area (TPSA) is 41.5 Å². The van der Waals surface area contributed by atoms with Crippen LogP contribution < -0.4 is 10.1 Å². The summed E-state index contributed by atoms with van der Waals surface area (Å²) in [6.07, 6.45) is 3.13. The second kappa shape index (κ2) is 5.08. The minimum atomic E-state index is 0.347. The molecule has 2 N–H and O–H groups in total. The maximum atomic E-state index is 9.60. The SMILES string of the molecule is Oc1ccc2c(c1)CCC2NC1CCOc2ccccc21. The number of ether oxygens (including phenoxy) is 1. The Kier molecular flexibility index (Phi) is 3.08. The summed E-state index contributed by atoms with van der Waals surface area (Å²) >= 11 is 0. The van der Waals surface area contributed by atoms with Gasteiger partial charge in [0, 0.05) is 24.1 Å². The van der Waals surface area contributed by atoms with Crippen molar-refractivity contribution in [3.8, 4) is 11.5 Å². The third-order valence-electron chi connectivity index (χ3n) is 4.57. The Labute approximate surface area is 124 Å². The number of phenols is 1. The third kappa shape index (κ3) is 2.28. The van der Waals surface area contributed by atoms with Crippen molar-refractivity contribution in [2.75, 3.05) is 6.61 Å². The van der Waals surface area contributed by atoms with Gasteiger partial charge in [0.1, 0.15) is 11.5 Å². The van der Waals surface area contributed by atoms with E-state index < -0.39 is 0 Å². The first-order chi connectivity index (χ1) is 10.3. The summed E-state index contributed by atoms with van der Waals surface area (Å²) in [5, 5.41) is 13.4. The number of benzene rings is 2. The Bertz CT molecular complexity index is 668. The van der Waals surface area contributed by atoms with Crippen LogP contribution >= 0.6 is 0 Å². The fraction of sp³-hybridized carbons (Fsp3) is 0.333. The van der Waals surface area contributed by atoms with E-state index in [0.717, 1.165) is 31.6 Å². The Morgan fingerprint density at radius 2 is 1.86 bits per heavy atom. The first kappa shape index (κ1) is 12.7. The van der Waals surface area contributed by atoms with Gasteiger partial charge in [-0.25, -0.2) is 0 Å². The van der Waals surface area contributed by atoms with E-state index in [2.05, 4.69) is 23.5 Å². The number of nitrogens with one attached hydrogen (secondary N) is 1. The summed E-state index contributed by atoms with van der Waals surface area (Å²) in [5.74, 6) is 1.37. The van der Waals surface area contributed by atoms with Crippen molar-refractivity contribution in [2.24, 2.45) is 0 Å². The van der Waals surface area contributed by atoms with Crippen LogP contribution in [0.3, 0.4) is 0 Å². The van der Waals surface area contributed by atoms with Gasteiger partial charge in [-0.3, -0.25) is 0 Å². The second-order valence-corrected chi connectivity index (χ2v) is 5.87. The van der Waals surface area contributed by atoms with E-state index >= 15 is 0 Å². The molecule has 0 amide bonds. The molecule has 0 radical (unpaired) electrons. The van der Waals surface area contributed by atoms with Crippen LogP contribution in [-0.4, -0.2) is 11.7 Å². The molecule has 0 spiro atoms. The molecule has 108 valence electrons. The highest BCUT2D eigenvalue weighted by atomic mass is 16.5. The summed E-state index contributed by atoms with van der Waals surface area (Å²) in [6.45, 7) is 0.768. The number of para-hydroxylation sites is 1. The quantitative estimate of drug-likeness (QED) is 0.885. The molecule has 1 aliphatic carbocycles. The van der Waals surface area contributed by atoms with Crippen LogP contribution in [0.15, 0.2) is 42.5 Å². The van der Waals surface area contributed by atoms with Gasteiger partial charge in [0.25, 0.3) is 0 Å². The summed E-state index contributed by atoms with van der Waals surface area (Å²) < 4.78 is 5.73. The van der Waals surface area contributed by atoms with E-state index in [-0.39, 0.29) is 0 Å². The van der Waals surface area contributed by atoms with E-state index in [1.807, 2.05) is 18.2 Å². The van der Waals surface area contributed by atoms with Crippen molar-refractivity contribution in [2.45, 2.75) is 31.3 Å². The van der Waals surface area contributed by atoms with Gasteiger partial charge in [-0.1, -0.05) is 24.3 Å². The Morgan fingerprint density at radius 1 is 1.00 bits per heavy atom. The molecule has 0 aromatic heterocycles. The molecule has 0 fully saturated rings. The lowest BCUT2D eigenvalue weighted by Gasteiger charge is -2.29. The van der Waals surface area contributed by atoms with Crippen molar-refractivity contribution >= 4 is 0 Å². The molecule has 3 heteroatoms. The van der Waals surface area contributed by atoms with Crippen molar-refractivity contribution in [3.63, 3.8) is 0 Å². The molecule has 0 bridgehead atoms. The van der Waals surface area contributed by atoms with Gasteiger partial charge in [-0.2, -0.15) is 0 Å². The molecular weight excluding hydrogens is 262 g/mol. The molecule has 2 aromatic rings. The van der Waals surface area contributed by atoms with Crippen molar-refractivity contribution in [1.29, 1.82) is 0 Å². The lowest BCUT2D eigenvalue weighted by Crippen LogP contribution is -2.29. The van der Waals surface area contributed by atoms with Gasteiger partial charge in [0.2, 0.25) is 0 Å². The molecule has 1 aliphatic heterocycles. The molecule has 0 saturated heterocycles. The number of phenolic OH excluding ortho intramolecular Hbond substituents is 1. The maximum absolute atomic E-state index is 9.60. The highest BCUT2D eigenvalue weighted by Crippen LogP contribution is 2.38. The summed E-state index contributed by atoms with van der Waals surface area (Å²) in [7, 11) is 0. The van der Waals surface area contributed by atoms with E-state index in [9.17, 15) is 5.11 Å². The first-order valence-electron chi connectivity index (χ1n) is 7.61. The molecule has 0 saturated carbocycles. The van der Waals surface area contributed by atoms with Crippen molar-refractivity contribution in [1.82, 2.24) is 5.32 Å². The van der Waals surface area contributed by atoms with Crippen molar-refractivity contribution in [3.05, 3.63) is 59.2 Å². The summed E-state index contributed by atoms with van der Waals surface area (Å²) in [5.41, 5.74) is 3.86. The van der Waals surface area contributed by atoms with Gasteiger partial charge >= 0.3 is 0 Å². The number of rotatable bonds is 2. The molecule has 2 unspecified atom stereocenters. The number of hydrogen-bond acceptors (Lipinski definition) is 3. The zero-order valence-corrected chi connectivity index (χ0v) is 11.9. The van der Waals surface area contributed by atoms with Crippen LogP contribution in [0.4, 0.5) is 0 Å². The predicted molar refractivity (Wildman–Crippen MR) is 81.6 cm³/mol. The average molecular weight is 281 g/mol. The molecule has 21 heavy (non-hydrogen) atoms. The van der Waals surface area contributed by atoms with Gasteiger partial charge in [-0.15, -0.1) is 0 Å². The molecule has 2 aliphatic rings. The fourth-order valence-corrected chi connectivity index (χ4v) is 3.54. The average Bonchev–Trinajstić information content (AvgIpc) is 2.90. The highest BCUT2D eigenvalue weighted by Gasteiger charge is 2.28. The molecule has 1 heterocycles. The standard InChI is InChI=1S/C18H19NO2/c20-13-6-7-14-12(11-13)5-8-16(14)19-17-9-10-21-18-4-2-1-3-15(17)18/h1-4,6-7,11,16-17,19-20H,5,8-10H2. The Balaban J connectivity index is 1.59. The Morgan fingerprint density at radius 3 is 2.81 bits per heavy atom. The van der Waals surface area contributed by atoms with Crippen LogP contribution in [0.25, 0.3) is 0 Å². The summed E-state index contributed by atoms with van der Waals surface area (Å²) in [4.78, 5) is 0. The monoisotopic (exact) mass is 281 g/mol. The predicted octanol–water partition coefficient (Wildman–Crippen LogP) is 3.49. The smallest absolute Gasteiger partial charge is 0.124 e. The normalized spacial score (nSPS) is 23.2. The number of aromatic hydroxyl groups is 1. The fourth-order valence-electron chi connectivity index (χ4n) is 3.54. The van der Waals surface area contributed by atoms with E-state index in [4.69, 9.17) is 4.74 Å². The number of aryl methyl sites for hydroxylation is 1. The lowest BCUT2D eigenvalue weighted by molar-refractivity contribution is 0.244. The third-order valence-corrected chi connectivity index (χ3v) is 4.57. The first-order valence-corrected chi connectivity index (χ1v) is 7.61. The minimum absolute atomic E-state index is 0.347. The van der Waals surface area contributed by atoms with Crippen LogP contribution in [0, 0.1) is 0 Å². The second-order valence-electron chi connectivity index (χ2n) is 5.87. The molecule has 3 nitrogen and oxygen atoms in total. The maximum Gasteiger partial charge on any atom is 0.124 e. The van der Waals surface area contributed by atoms with Gasteiger partial charge in [-0.05, 0) is 42.2 Å². The molecule has 4 rings (SSSR count). The van der Waals surface area contributed by atoms with E-state index in [1.54, 1.807) is 6.07 Å².